The molecule has 0 unspecified atom stereocenters. The van der Waals surface area contributed by atoms with E-state index in [1.54, 1.807) is 0 Å². The first-order valence-corrected chi connectivity index (χ1v) is 9.33. The van der Waals surface area contributed by atoms with Gasteiger partial charge in [0.15, 0.2) is 0 Å². The average molecular weight is 361 g/mol. The smallest absolute Gasteiger partial charge is 0.407 e. The van der Waals surface area contributed by atoms with Crippen molar-refractivity contribution in [2.75, 3.05) is 0 Å². The first kappa shape index (κ1) is 20.3. The Morgan fingerprint density at radius 2 is 1.92 bits per heavy atom. The van der Waals surface area contributed by atoms with Crippen molar-refractivity contribution in [3.63, 3.8) is 0 Å². The van der Waals surface area contributed by atoms with E-state index in [0.717, 1.165) is 12.0 Å². The van der Waals surface area contributed by atoms with Crippen molar-refractivity contribution in [1.82, 2.24) is 5.32 Å². The minimum atomic E-state index is -0.483. The summed E-state index contributed by atoms with van der Waals surface area (Å²) >= 11 is 0. The fourth-order valence-electron chi connectivity index (χ4n) is 3.39. The molecular weight excluding hydrogens is 330 g/mol. The van der Waals surface area contributed by atoms with Crippen LogP contribution in [0.5, 0.6) is 0 Å². The van der Waals surface area contributed by atoms with Crippen LogP contribution in [-0.4, -0.2) is 24.2 Å². The standard InChI is InChI=1S/C21H31NO4/c1-14(2)18(17-11-16(19(23)26-17)12-21(3,4)5)22-20(24)25-13-15-9-7-6-8-10-15/h6-10,14,16-18H,11-13H2,1-5H3,(H,22,24)/t16-,17+,18+/m1/s1. The molecule has 0 bridgehead atoms. The molecule has 26 heavy (non-hydrogen) atoms. The van der Waals surface area contributed by atoms with Crippen LogP contribution >= 0.6 is 0 Å². The average Bonchev–Trinajstić information content (AvgIpc) is 2.90. The summed E-state index contributed by atoms with van der Waals surface area (Å²) in [5.41, 5.74) is 0.995. The topological polar surface area (TPSA) is 64.6 Å². The molecule has 0 aliphatic carbocycles. The van der Waals surface area contributed by atoms with E-state index in [1.807, 2.05) is 44.2 Å². The molecule has 1 N–H and O–H groups in total. The van der Waals surface area contributed by atoms with Gasteiger partial charge in [0.25, 0.3) is 0 Å². The van der Waals surface area contributed by atoms with Gasteiger partial charge in [-0.25, -0.2) is 4.79 Å². The molecule has 3 atom stereocenters. The van der Waals surface area contributed by atoms with Crippen LogP contribution in [0, 0.1) is 17.3 Å². The number of rotatable bonds is 6. The summed E-state index contributed by atoms with van der Waals surface area (Å²) in [7, 11) is 0. The highest BCUT2D eigenvalue weighted by Gasteiger charge is 2.42. The fourth-order valence-corrected chi connectivity index (χ4v) is 3.39. The third-order valence-corrected chi connectivity index (χ3v) is 4.59. The van der Waals surface area contributed by atoms with Crippen LogP contribution in [0.25, 0.3) is 0 Å². The molecular formula is C21H31NO4. The van der Waals surface area contributed by atoms with Crippen LogP contribution in [0.1, 0.15) is 53.0 Å². The molecule has 1 aliphatic heterocycles. The van der Waals surface area contributed by atoms with Gasteiger partial charge in [0.2, 0.25) is 0 Å². The number of carbonyl (C=O) groups excluding carboxylic acids is 2. The Bertz CT molecular complexity index is 606. The van der Waals surface area contributed by atoms with Gasteiger partial charge in [0.05, 0.1) is 12.0 Å². The molecule has 5 nitrogen and oxygen atoms in total. The first-order chi connectivity index (χ1) is 12.2. The van der Waals surface area contributed by atoms with E-state index in [0.29, 0.717) is 6.42 Å². The number of carbonyl (C=O) groups is 2. The van der Waals surface area contributed by atoms with Gasteiger partial charge >= 0.3 is 12.1 Å². The summed E-state index contributed by atoms with van der Waals surface area (Å²) in [5.74, 6) is -0.135. The molecule has 1 aromatic rings. The number of esters is 1. The lowest BCUT2D eigenvalue weighted by Crippen LogP contribution is -2.46. The number of ether oxygens (including phenoxy) is 2. The lowest BCUT2D eigenvalue weighted by molar-refractivity contribution is -0.146. The van der Waals surface area contributed by atoms with Gasteiger partial charge in [-0.1, -0.05) is 65.0 Å². The molecule has 1 heterocycles. The maximum absolute atomic E-state index is 12.2. The van der Waals surface area contributed by atoms with Crippen molar-refractivity contribution in [3.8, 4) is 0 Å². The maximum atomic E-state index is 12.2. The Morgan fingerprint density at radius 3 is 2.50 bits per heavy atom. The molecule has 0 aromatic heterocycles. The van der Waals surface area contributed by atoms with Crippen molar-refractivity contribution >= 4 is 12.1 Å². The van der Waals surface area contributed by atoms with Crippen LogP contribution in [0.15, 0.2) is 30.3 Å². The number of cyclic esters (lactones) is 1. The summed E-state index contributed by atoms with van der Waals surface area (Å²) in [6.07, 6.45) is 0.630. The van der Waals surface area contributed by atoms with Crippen molar-refractivity contribution in [2.45, 2.75) is 66.2 Å². The highest BCUT2D eigenvalue weighted by molar-refractivity contribution is 5.75. The quantitative estimate of drug-likeness (QED) is 0.767. The van der Waals surface area contributed by atoms with Gasteiger partial charge in [-0.05, 0) is 29.7 Å². The molecule has 1 aromatic carbocycles. The summed E-state index contributed by atoms with van der Waals surface area (Å²) in [5, 5.41) is 2.89. The number of nitrogens with one attached hydrogen (secondary N) is 1. The predicted molar refractivity (Wildman–Crippen MR) is 100 cm³/mol. The predicted octanol–water partition coefficient (Wildman–Crippen LogP) is 4.31. The lowest BCUT2D eigenvalue weighted by Gasteiger charge is -2.27. The maximum Gasteiger partial charge on any atom is 0.407 e. The van der Waals surface area contributed by atoms with Gasteiger partial charge in [-0.15, -0.1) is 0 Å². The number of alkyl carbamates (subject to hydrolysis) is 1. The van der Waals surface area contributed by atoms with Crippen LogP contribution in [0.2, 0.25) is 0 Å². The molecule has 0 saturated carbocycles. The summed E-state index contributed by atoms with van der Waals surface area (Å²) in [6.45, 7) is 10.6. The number of amides is 1. The summed E-state index contributed by atoms with van der Waals surface area (Å²) in [4.78, 5) is 24.4. The molecule has 5 heteroatoms. The zero-order chi connectivity index (χ0) is 19.3. The highest BCUT2D eigenvalue weighted by atomic mass is 16.6. The second kappa shape index (κ2) is 8.56. The second-order valence-corrected chi connectivity index (χ2v) is 8.65. The molecule has 1 amide bonds. The SMILES string of the molecule is CC(C)[C@H](NC(=O)OCc1ccccc1)[C@@H]1C[C@H](CC(C)(C)C)C(=O)O1. The van der Waals surface area contributed by atoms with E-state index in [-0.39, 0.29) is 42.0 Å². The van der Waals surface area contributed by atoms with Crippen molar-refractivity contribution < 1.29 is 19.1 Å². The Hall–Kier alpha value is -2.04. The number of hydrogen-bond acceptors (Lipinski definition) is 4. The minimum absolute atomic E-state index is 0.0634. The summed E-state index contributed by atoms with van der Waals surface area (Å²) < 4.78 is 10.9. The van der Waals surface area contributed by atoms with Crippen LogP contribution < -0.4 is 5.32 Å². The third-order valence-electron chi connectivity index (χ3n) is 4.59. The molecule has 144 valence electrons. The first-order valence-electron chi connectivity index (χ1n) is 9.33. The molecule has 1 saturated heterocycles. The highest BCUT2D eigenvalue weighted by Crippen LogP contribution is 2.34. The van der Waals surface area contributed by atoms with Crippen molar-refractivity contribution in [1.29, 1.82) is 0 Å². The Balaban J connectivity index is 1.92. The van der Waals surface area contributed by atoms with E-state index in [2.05, 4.69) is 26.1 Å². The largest absolute Gasteiger partial charge is 0.460 e. The van der Waals surface area contributed by atoms with Crippen molar-refractivity contribution in [3.05, 3.63) is 35.9 Å². The Kier molecular flexibility index (Phi) is 6.68. The van der Waals surface area contributed by atoms with Crippen LogP contribution in [0.4, 0.5) is 4.79 Å². The molecule has 0 spiro atoms. The van der Waals surface area contributed by atoms with Crippen LogP contribution in [-0.2, 0) is 20.9 Å². The van der Waals surface area contributed by atoms with E-state index in [4.69, 9.17) is 9.47 Å². The Labute approximate surface area is 156 Å². The lowest BCUT2D eigenvalue weighted by atomic mass is 9.82. The van der Waals surface area contributed by atoms with E-state index in [1.165, 1.54) is 0 Å². The zero-order valence-corrected chi connectivity index (χ0v) is 16.5. The van der Waals surface area contributed by atoms with Gasteiger partial charge in [-0.3, -0.25) is 4.79 Å². The number of hydrogen-bond donors (Lipinski definition) is 1. The molecule has 0 radical (unpaired) electrons. The van der Waals surface area contributed by atoms with Gasteiger partial charge in [-0.2, -0.15) is 0 Å². The zero-order valence-electron chi connectivity index (χ0n) is 16.5. The Morgan fingerprint density at radius 1 is 1.27 bits per heavy atom. The normalized spacial score (nSPS) is 21.4. The second-order valence-electron chi connectivity index (χ2n) is 8.65. The van der Waals surface area contributed by atoms with Gasteiger partial charge < -0.3 is 14.8 Å². The molecule has 1 fully saturated rings. The van der Waals surface area contributed by atoms with Gasteiger partial charge in [0.1, 0.15) is 12.7 Å². The van der Waals surface area contributed by atoms with E-state index < -0.39 is 6.09 Å². The monoisotopic (exact) mass is 361 g/mol. The van der Waals surface area contributed by atoms with Crippen LogP contribution in [0.3, 0.4) is 0 Å². The minimum Gasteiger partial charge on any atom is -0.460 e. The molecule has 2 rings (SSSR count). The van der Waals surface area contributed by atoms with Gasteiger partial charge in [0, 0.05) is 0 Å². The van der Waals surface area contributed by atoms with E-state index in [9.17, 15) is 9.59 Å². The fraction of sp³-hybridized carbons (Fsp3) is 0.619. The van der Waals surface area contributed by atoms with Crippen molar-refractivity contribution in [2.24, 2.45) is 17.3 Å². The summed E-state index contributed by atoms with van der Waals surface area (Å²) in [6, 6.07) is 9.28. The van der Waals surface area contributed by atoms with E-state index >= 15 is 0 Å². The molecule has 1 aliphatic rings. The number of benzene rings is 1. The third kappa shape index (κ3) is 6.04.